The number of fused-ring (bicyclic) bond motifs is 1. The summed E-state index contributed by atoms with van der Waals surface area (Å²) in [7, 11) is 0. The van der Waals surface area contributed by atoms with Crippen molar-refractivity contribution in [2.75, 3.05) is 13.1 Å². The third kappa shape index (κ3) is 5.99. The number of amides is 2. The molecule has 180 valence electrons. The number of furan rings is 1. The molecule has 0 aliphatic carbocycles. The third-order valence-electron chi connectivity index (χ3n) is 6.16. The van der Waals surface area contributed by atoms with E-state index in [1.165, 1.54) is 0 Å². The fourth-order valence-electron chi connectivity index (χ4n) is 4.20. The summed E-state index contributed by atoms with van der Waals surface area (Å²) in [5, 5.41) is 1.89. The predicted octanol–water partition coefficient (Wildman–Crippen LogP) is 5.95. The summed E-state index contributed by atoms with van der Waals surface area (Å²) >= 11 is 0. The van der Waals surface area contributed by atoms with Gasteiger partial charge < -0.3 is 14.2 Å². The Labute approximate surface area is 207 Å². The molecule has 0 spiro atoms. The summed E-state index contributed by atoms with van der Waals surface area (Å²) in [4.78, 5) is 30.9. The zero-order chi connectivity index (χ0) is 24.8. The van der Waals surface area contributed by atoms with Crippen molar-refractivity contribution in [1.82, 2.24) is 9.80 Å². The molecule has 4 aromatic rings. The standard InChI is InChI=1S/C30H32N2O3/c1-30(2,3)32(29(34)27-17-9-14-24-13-7-8-16-26(24)27)22-28(33)31(21-25-15-10-20-35-25)19-18-23-11-5-4-6-12-23/h4-17,20H,18-19,21-22H2,1-3H3. The van der Waals surface area contributed by atoms with Crippen molar-refractivity contribution >= 4 is 22.6 Å². The van der Waals surface area contributed by atoms with Gasteiger partial charge in [0, 0.05) is 17.6 Å². The highest BCUT2D eigenvalue weighted by Gasteiger charge is 2.31. The first-order valence-electron chi connectivity index (χ1n) is 12.0. The summed E-state index contributed by atoms with van der Waals surface area (Å²) in [5.41, 5.74) is 1.22. The first kappa shape index (κ1) is 24.3. The molecule has 35 heavy (non-hydrogen) atoms. The van der Waals surface area contributed by atoms with E-state index in [2.05, 4.69) is 12.1 Å². The van der Waals surface area contributed by atoms with Crippen molar-refractivity contribution in [1.29, 1.82) is 0 Å². The van der Waals surface area contributed by atoms with E-state index >= 15 is 0 Å². The molecular formula is C30H32N2O3. The predicted molar refractivity (Wildman–Crippen MR) is 139 cm³/mol. The lowest BCUT2D eigenvalue weighted by molar-refractivity contribution is -0.133. The lowest BCUT2D eigenvalue weighted by Crippen LogP contribution is -2.51. The van der Waals surface area contributed by atoms with Crippen LogP contribution in [0.2, 0.25) is 0 Å². The van der Waals surface area contributed by atoms with E-state index in [1.807, 2.05) is 93.6 Å². The molecule has 0 aliphatic heterocycles. The summed E-state index contributed by atoms with van der Waals surface area (Å²) in [6, 6.07) is 27.3. The van der Waals surface area contributed by atoms with E-state index in [9.17, 15) is 9.59 Å². The first-order chi connectivity index (χ1) is 16.8. The molecule has 5 heteroatoms. The lowest BCUT2D eigenvalue weighted by Gasteiger charge is -2.37. The smallest absolute Gasteiger partial charge is 0.255 e. The van der Waals surface area contributed by atoms with Crippen LogP contribution in [-0.2, 0) is 17.8 Å². The largest absolute Gasteiger partial charge is 0.467 e. The monoisotopic (exact) mass is 468 g/mol. The van der Waals surface area contributed by atoms with Gasteiger partial charge in [-0.3, -0.25) is 9.59 Å². The highest BCUT2D eigenvalue weighted by atomic mass is 16.3. The van der Waals surface area contributed by atoms with E-state index in [-0.39, 0.29) is 18.4 Å². The van der Waals surface area contributed by atoms with Gasteiger partial charge in [0.25, 0.3) is 5.91 Å². The minimum atomic E-state index is -0.542. The summed E-state index contributed by atoms with van der Waals surface area (Å²) < 4.78 is 5.53. The average molecular weight is 469 g/mol. The number of rotatable bonds is 8. The zero-order valence-corrected chi connectivity index (χ0v) is 20.6. The van der Waals surface area contributed by atoms with Gasteiger partial charge in [-0.15, -0.1) is 0 Å². The maximum Gasteiger partial charge on any atom is 0.255 e. The SMILES string of the molecule is CC(C)(C)N(CC(=O)N(CCc1ccccc1)Cc1ccco1)C(=O)c1cccc2ccccc12. The van der Waals surface area contributed by atoms with Crippen LogP contribution in [0.5, 0.6) is 0 Å². The molecule has 2 amide bonds. The Morgan fingerprint density at radius 2 is 1.54 bits per heavy atom. The average Bonchev–Trinajstić information content (AvgIpc) is 3.37. The summed E-state index contributed by atoms with van der Waals surface area (Å²) in [6.07, 6.45) is 2.33. The number of carbonyl (C=O) groups excluding carboxylic acids is 2. The second-order valence-electron chi connectivity index (χ2n) is 9.72. The lowest BCUT2D eigenvalue weighted by atomic mass is 10.00. The minimum Gasteiger partial charge on any atom is -0.467 e. The van der Waals surface area contributed by atoms with E-state index in [1.54, 1.807) is 16.1 Å². The first-order valence-corrected chi connectivity index (χ1v) is 12.0. The molecule has 0 saturated heterocycles. The molecule has 4 rings (SSSR count). The van der Waals surface area contributed by atoms with Crippen molar-refractivity contribution in [3.8, 4) is 0 Å². The molecule has 0 bridgehead atoms. The molecule has 0 unspecified atom stereocenters. The van der Waals surface area contributed by atoms with Crippen LogP contribution in [0.3, 0.4) is 0 Å². The molecule has 0 N–H and O–H groups in total. The van der Waals surface area contributed by atoms with Crippen molar-refractivity contribution in [2.24, 2.45) is 0 Å². The fraction of sp³-hybridized carbons (Fsp3) is 0.267. The van der Waals surface area contributed by atoms with Crippen LogP contribution in [0.15, 0.2) is 95.6 Å². The number of nitrogens with zero attached hydrogens (tertiary/aromatic N) is 2. The third-order valence-corrected chi connectivity index (χ3v) is 6.16. The van der Waals surface area contributed by atoms with Crippen LogP contribution in [0.25, 0.3) is 10.8 Å². The van der Waals surface area contributed by atoms with Crippen molar-refractivity contribution in [2.45, 2.75) is 39.3 Å². The van der Waals surface area contributed by atoms with Gasteiger partial charge in [-0.25, -0.2) is 0 Å². The molecule has 0 fully saturated rings. The molecule has 0 radical (unpaired) electrons. The Morgan fingerprint density at radius 3 is 2.26 bits per heavy atom. The maximum atomic E-state index is 13.8. The van der Waals surface area contributed by atoms with Gasteiger partial charge in [-0.2, -0.15) is 0 Å². The van der Waals surface area contributed by atoms with Gasteiger partial charge in [0.1, 0.15) is 12.3 Å². The van der Waals surface area contributed by atoms with Gasteiger partial charge in [0.2, 0.25) is 5.91 Å². The van der Waals surface area contributed by atoms with Gasteiger partial charge in [-0.1, -0.05) is 66.7 Å². The topological polar surface area (TPSA) is 53.8 Å². The molecule has 0 saturated carbocycles. The molecule has 1 heterocycles. The molecule has 3 aromatic carbocycles. The summed E-state index contributed by atoms with van der Waals surface area (Å²) in [5.74, 6) is 0.457. The molecule has 0 aliphatic rings. The molecule has 0 atom stereocenters. The second kappa shape index (κ2) is 10.6. The maximum absolute atomic E-state index is 13.8. The second-order valence-corrected chi connectivity index (χ2v) is 9.72. The number of hydrogen-bond acceptors (Lipinski definition) is 3. The van der Waals surface area contributed by atoms with Gasteiger partial charge in [-0.05, 0) is 61.7 Å². The normalized spacial score (nSPS) is 11.4. The van der Waals surface area contributed by atoms with E-state index < -0.39 is 5.54 Å². The Bertz CT molecular complexity index is 1270. The Morgan fingerprint density at radius 1 is 0.829 bits per heavy atom. The van der Waals surface area contributed by atoms with Crippen LogP contribution in [0.4, 0.5) is 0 Å². The highest BCUT2D eigenvalue weighted by Crippen LogP contribution is 2.24. The quantitative estimate of drug-likeness (QED) is 0.321. The summed E-state index contributed by atoms with van der Waals surface area (Å²) in [6.45, 7) is 6.77. The Hall–Kier alpha value is -3.86. The van der Waals surface area contributed by atoms with Gasteiger partial charge in [0.05, 0.1) is 12.8 Å². The van der Waals surface area contributed by atoms with E-state index in [0.29, 0.717) is 24.4 Å². The van der Waals surface area contributed by atoms with Crippen LogP contribution >= 0.6 is 0 Å². The Kier molecular flexibility index (Phi) is 7.35. The molecule has 1 aromatic heterocycles. The van der Waals surface area contributed by atoms with Gasteiger partial charge in [0.15, 0.2) is 0 Å². The van der Waals surface area contributed by atoms with Crippen molar-refractivity contribution < 1.29 is 14.0 Å². The number of hydrogen-bond donors (Lipinski definition) is 0. The van der Waals surface area contributed by atoms with E-state index in [0.717, 1.165) is 22.8 Å². The number of carbonyl (C=O) groups is 2. The molecule has 5 nitrogen and oxygen atoms in total. The van der Waals surface area contributed by atoms with Crippen LogP contribution in [0.1, 0.15) is 42.5 Å². The van der Waals surface area contributed by atoms with Crippen molar-refractivity contribution in [3.63, 3.8) is 0 Å². The Balaban J connectivity index is 1.58. The molecular weight excluding hydrogens is 436 g/mol. The van der Waals surface area contributed by atoms with Crippen LogP contribution in [0, 0.1) is 0 Å². The highest BCUT2D eigenvalue weighted by molar-refractivity contribution is 6.08. The van der Waals surface area contributed by atoms with Gasteiger partial charge >= 0.3 is 0 Å². The van der Waals surface area contributed by atoms with Crippen LogP contribution < -0.4 is 0 Å². The van der Waals surface area contributed by atoms with Crippen molar-refractivity contribution in [3.05, 3.63) is 108 Å². The zero-order valence-electron chi connectivity index (χ0n) is 20.6. The fourth-order valence-corrected chi connectivity index (χ4v) is 4.20. The van der Waals surface area contributed by atoms with Crippen LogP contribution in [-0.4, -0.2) is 40.2 Å². The number of benzene rings is 3. The minimum absolute atomic E-state index is 0.0128. The van der Waals surface area contributed by atoms with E-state index in [4.69, 9.17) is 4.42 Å².